The lowest BCUT2D eigenvalue weighted by atomic mass is 9.81. The van der Waals surface area contributed by atoms with Gasteiger partial charge in [0.05, 0.1) is 0 Å². The largest absolute Gasteiger partial charge is 0.293 e. The van der Waals surface area contributed by atoms with Gasteiger partial charge in [-0.05, 0) is 40.2 Å². The van der Waals surface area contributed by atoms with Crippen molar-refractivity contribution in [3.63, 3.8) is 0 Å². The molecule has 1 aliphatic rings. The Labute approximate surface area is 146 Å². The molecule has 0 bridgehead atoms. The second-order valence-electron chi connectivity index (χ2n) is 7.21. The zero-order valence-corrected chi connectivity index (χ0v) is 15.4. The van der Waals surface area contributed by atoms with Crippen molar-refractivity contribution in [1.82, 2.24) is 0 Å². The highest BCUT2D eigenvalue weighted by Gasteiger charge is 2.39. The van der Waals surface area contributed by atoms with E-state index >= 15 is 0 Å². The number of alkyl halides is 1. The Morgan fingerprint density at radius 3 is 2.26 bits per heavy atom. The Hall–Kier alpha value is -1.67. The molecule has 0 saturated carbocycles. The SMILES string of the molecule is CC(C)(C)c1ccc(CC2(Br)C(=O)C=Cc3ccccc32)cc1. The van der Waals surface area contributed by atoms with Crippen LogP contribution in [-0.4, -0.2) is 5.78 Å². The van der Waals surface area contributed by atoms with Crippen LogP contribution in [0.1, 0.15) is 43.0 Å². The summed E-state index contributed by atoms with van der Waals surface area (Å²) in [6, 6.07) is 16.7. The Morgan fingerprint density at radius 1 is 0.957 bits per heavy atom. The van der Waals surface area contributed by atoms with E-state index in [0.29, 0.717) is 6.42 Å². The van der Waals surface area contributed by atoms with E-state index in [-0.39, 0.29) is 11.2 Å². The van der Waals surface area contributed by atoms with Gasteiger partial charge in [0.25, 0.3) is 0 Å². The van der Waals surface area contributed by atoms with Crippen LogP contribution in [0, 0.1) is 0 Å². The molecule has 0 N–H and O–H groups in total. The molecule has 0 spiro atoms. The van der Waals surface area contributed by atoms with Crippen LogP contribution in [0.5, 0.6) is 0 Å². The minimum Gasteiger partial charge on any atom is -0.293 e. The number of fused-ring (bicyclic) bond motifs is 1. The summed E-state index contributed by atoms with van der Waals surface area (Å²) < 4.78 is -0.665. The molecule has 0 fully saturated rings. The molecule has 2 aromatic carbocycles. The van der Waals surface area contributed by atoms with E-state index in [1.165, 1.54) is 5.56 Å². The predicted molar refractivity (Wildman–Crippen MR) is 99.9 cm³/mol. The van der Waals surface area contributed by atoms with Gasteiger partial charge in [0, 0.05) is 0 Å². The topological polar surface area (TPSA) is 17.1 Å². The number of carbonyl (C=O) groups is 1. The van der Waals surface area contributed by atoms with Crippen molar-refractivity contribution in [2.75, 3.05) is 0 Å². The number of allylic oxidation sites excluding steroid dienone is 1. The lowest BCUT2D eigenvalue weighted by molar-refractivity contribution is -0.116. The van der Waals surface area contributed by atoms with Crippen LogP contribution in [0.4, 0.5) is 0 Å². The third-order valence-corrected chi connectivity index (χ3v) is 5.56. The van der Waals surface area contributed by atoms with E-state index in [1.807, 2.05) is 24.3 Å². The molecular weight excluding hydrogens is 348 g/mol. The number of ketones is 1. The molecule has 2 aromatic rings. The number of rotatable bonds is 2. The zero-order chi connectivity index (χ0) is 16.7. The fourth-order valence-corrected chi connectivity index (χ4v) is 3.84. The van der Waals surface area contributed by atoms with Gasteiger partial charge in [0.1, 0.15) is 4.32 Å². The average Bonchev–Trinajstić information content (AvgIpc) is 2.51. The molecule has 2 heteroatoms. The van der Waals surface area contributed by atoms with Gasteiger partial charge < -0.3 is 0 Å². The van der Waals surface area contributed by atoms with Crippen LogP contribution in [0.2, 0.25) is 0 Å². The first-order valence-corrected chi connectivity index (χ1v) is 8.70. The van der Waals surface area contributed by atoms with Gasteiger partial charge >= 0.3 is 0 Å². The quantitative estimate of drug-likeness (QED) is 0.647. The second-order valence-corrected chi connectivity index (χ2v) is 8.56. The second kappa shape index (κ2) is 5.76. The van der Waals surface area contributed by atoms with Gasteiger partial charge in [-0.3, -0.25) is 4.79 Å². The summed E-state index contributed by atoms with van der Waals surface area (Å²) in [7, 11) is 0. The highest BCUT2D eigenvalue weighted by molar-refractivity contribution is 9.10. The van der Waals surface area contributed by atoms with Crippen molar-refractivity contribution < 1.29 is 4.79 Å². The lowest BCUT2D eigenvalue weighted by Crippen LogP contribution is -2.33. The Morgan fingerprint density at radius 2 is 1.61 bits per heavy atom. The smallest absolute Gasteiger partial charge is 0.177 e. The first-order chi connectivity index (χ1) is 10.8. The van der Waals surface area contributed by atoms with Crippen molar-refractivity contribution in [1.29, 1.82) is 0 Å². The maximum atomic E-state index is 12.6. The standard InChI is InChI=1S/C21H21BrO/c1-20(2,3)17-11-8-15(9-12-17)14-21(22)18-7-5-4-6-16(18)10-13-19(21)23/h4-13H,14H2,1-3H3. The van der Waals surface area contributed by atoms with E-state index < -0.39 is 4.32 Å². The highest BCUT2D eigenvalue weighted by Crippen LogP contribution is 2.41. The van der Waals surface area contributed by atoms with Gasteiger partial charge in [-0.15, -0.1) is 0 Å². The van der Waals surface area contributed by atoms with E-state index in [2.05, 4.69) is 67.0 Å². The molecule has 0 amide bonds. The van der Waals surface area contributed by atoms with Crippen LogP contribution in [-0.2, 0) is 21.0 Å². The molecule has 0 radical (unpaired) electrons. The first-order valence-electron chi connectivity index (χ1n) is 7.91. The van der Waals surface area contributed by atoms with Gasteiger partial charge in [-0.1, -0.05) is 91.3 Å². The molecule has 1 aliphatic carbocycles. The van der Waals surface area contributed by atoms with E-state index in [4.69, 9.17) is 0 Å². The highest BCUT2D eigenvalue weighted by atomic mass is 79.9. The predicted octanol–water partition coefficient (Wildman–Crippen LogP) is 5.41. The van der Waals surface area contributed by atoms with E-state index in [0.717, 1.165) is 16.7 Å². The number of halogens is 1. The molecule has 0 aromatic heterocycles. The molecule has 0 heterocycles. The van der Waals surface area contributed by atoms with E-state index in [1.54, 1.807) is 6.08 Å². The van der Waals surface area contributed by atoms with Gasteiger partial charge in [-0.2, -0.15) is 0 Å². The molecule has 118 valence electrons. The summed E-state index contributed by atoms with van der Waals surface area (Å²) in [6.45, 7) is 6.62. The van der Waals surface area contributed by atoms with Crippen LogP contribution >= 0.6 is 15.9 Å². The molecule has 3 rings (SSSR count). The molecule has 23 heavy (non-hydrogen) atoms. The average molecular weight is 369 g/mol. The lowest BCUT2D eigenvalue weighted by Gasteiger charge is -2.30. The summed E-state index contributed by atoms with van der Waals surface area (Å²) in [5.74, 6) is 0.107. The van der Waals surface area contributed by atoms with Crippen LogP contribution in [0.25, 0.3) is 6.08 Å². The Kier molecular flexibility index (Phi) is 4.05. The van der Waals surface area contributed by atoms with Crippen molar-refractivity contribution >= 4 is 27.8 Å². The maximum Gasteiger partial charge on any atom is 0.177 e. The normalized spacial score (nSPS) is 20.4. The Bertz CT molecular complexity index is 765. The van der Waals surface area contributed by atoms with Gasteiger partial charge in [-0.25, -0.2) is 0 Å². The van der Waals surface area contributed by atoms with Crippen molar-refractivity contribution in [3.8, 4) is 0 Å². The van der Waals surface area contributed by atoms with Crippen LogP contribution < -0.4 is 0 Å². The third kappa shape index (κ3) is 3.05. The van der Waals surface area contributed by atoms with Crippen molar-refractivity contribution in [2.45, 2.75) is 36.9 Å². The van der Waals surface area contributed by atoms with Crippen LogP contribution in [0.15, 0.2) is 54.6 Å². The minimum absolute atomic E-state index is 0.107. The number of hydrogen-bond acceptors (Lipinski definition) is 1. The van der Waals surface area contributed by atoms with Gasteiger partial charge in [0.15, 0.2) is 5.78 Å². The summed E-state index contributed by atoms with van der Waals surface area (Å²) in [5, 5.41) is 0. The number of carbonyl (C=O) groups excluding carboxylic acids is 1. The zero-order valence-electron chi connectivity index (χ0n) is 13.8. The molecule has 1 unspecified atom stereocenters. The first kappa shape index (κ1) is 16.2. The fourth-order valence-electron chi connectivity index (χ4n) is 3.02. The molecule has 0 aliphatic heterocycles. The van der Waals surface area contributed by atoms with Crippen LogP contribution in [0.3, 0.4) is 0 Å². The fraction of sp³-hybridized carbons (Fsp3) is 0.286. The Balaban J connectivity index is 1.95. The number of hydrogen-bond donors (Lipinski definition) is 0. The summed E-state index contributed by atoms with van der Waals surface area (Å²) in [5.41, 5.74) is 4.76. The summed E-state index contributed by atoms with van der Waals surface area (Å²) in [6.07, 6.45) is 4.23. The van der Waals surface area contributed by atoms with Crippen molar-refractivity contribution in [3.05, 3.63) is 76.9 Å². The van der Waals surface area contributed by atoms with Crippen molar-refractivity contribution in [2.24, 2.45) is 0 Å². The van der Waals surface area contributed by atoms with E-state index in [9.17, 15) is 4.79 Å². The third-order valence-electron chi connectivity index (χ3n) is 4.46. The monoisotopic (exact) mass is 368 g/mol. The molecule has 0 saturated heterocycles. The molecule has 1 atom stereocenters. The summed E-state index contributed by atoms with van der Waals surface area (Å²) >= 11 is 3.75. The summed E-state index contributed by atoms with van der Waals surface area (Å²) in [4.78, 5) is 12.6. The minimum atomic E-state index is -0.665. The number of benzene rings is 2. The maximum absolute atomic E-state index is 12.6. The molecular formula is C21H21BrO. The van der Waals surface area contributed by atoms with Gasteiger partial charge in [0.2, 0.25) is 0 Å². The molecule has 1 nitrogen and oxygen atoms in total.